The molecule has 0 radical (unpaired) electrons. The van der Waals surface area contributed by atoms with Crippen molar-refractivity contribution in [2.45, 2.75) is 13.5 Å². The van der Waals surface area contributed by atoms with Gasteiger partial charge in [0.1, 0.15) is 10.6 Å². The highest BCUT2D eigenvalue weighted by molar-refractivity contribution is 7.17. The topological polar surface area (TPSA) is 112 Å². The average molecular weight is 348 g/mol. The fourth-order valence-corrected chi connectivity index (χ4v) is 3.05. The van der Waals surface area contributed by atoms with Gasteiger partial charge in [-0.15, -0.1) is 11.3 Å². The summed E-state index contributed by atoms with van der Waals surface area (Å²) in [6.45, 7) is 1.89. The van der Waals surface area contributed by atoms with Gasteiger partial charge in [-0.05, 0) is 19.1 Å². The van der Waals surface area contributed by atoms with Gasteiger partial charge in [0.25, 0.3) is 5.56 Å². The largest absolute Gasteiger partial charge is 0.475 e. The van der Waals surface area contributed by atoms with Gasteiger partial charge in [0.2, 0.25) is 5.76 Å². The number of carboxylic acid groups (broad SMARTS) is 1. The number of aromatic carboxylic acids is 1. The van der Waals surface area contributed by atoms with E-state index in [1.807, 2.05) is 0 Å². The van der Waals surface area contributed by atoms with Crippen LogP contribution in [0.3, 0.4) is 0 Å². The van der Waals surface area contributed by atoms with Crippen LogP contribution in [0.1, 0.15) is 33.6 Å². The molecule has 3 aromatic heterocycles. The van der Waals surface area contributed by atoms with E-state index in [1.165, 1.54) is 39.7 Å². The first-order valence-corrected chi connectivity index (χ1v) is 7.85. The van der Waals surface area contributed by atoms with Crippen molar-refractivity contribution < 1.29 is 23.8 Å². The predicted molar refractivity (Wildman–Crippen MR) is 84.6 cm³/mol. The van der Waals surface area contributed by atoms with Crippen LogP contribution in [-0.2, 0) is 11.3 Å². The number of carbonyl (C=O) groups excluding carboxylic acids is 1. The number of thiophene rings is 1. The molecule has 0 bridgehead atoms. The summed E-state index contributed by atoms with van der Waals surface area (Å²) in [6.07, 6.45) is 1.33. The third-order valence-corrected chi connectivity index (χ3v) is 4.14. The fraction of sp³-hybridized carbons (Fsp3) is 0.200. The van der Waals surface area contributed by atoms with Gasteiger partial charge in [-0.3, -0.25) is 9.36 Å². The van der Waals surface area contributed by atoms with E-state index in [9.17, 15) is 14.4 Å². The maximum absolute atomic E-state index is 12.6. The minimum Gasteiger partial charge on any atom is -0.475 e. The van der Waals surface area contributed by atoms with Gasteiger partial charge in [0.15, 0.2) is 0 Å². The molecule has 0 aliphatic heterocycles. The smallest absolute Gasteiger partial charge is 0.371 e. The Balaban J connectivity index is 2.01. The molecule has 3 rings (SSSR count). The minimum absolute atomic E-state index is 0.00711. The molecule has 0 aromatic carbocycles. The van der Waals surface area contributed by atoms with Crippen LogP contribution in [-0.4, -0.2) is 33.2 Å². The van der Waals surface area contributed by atoms with E-state index in [0.717, 1.165) is 0 Å². The van der Waals surface area contributed by atoms with E-state index in [-0.39, 0.29) is 29.9 Å². The van der Waals surface area contributed by atoms with Gasteiger partial charge >= 0.3 is 11.9 Å². The summed E-state index contributed by atoms with van der Waals surface area (Å²) in [4.78, 5) is 40.0. The minimum atomic E-state index is -1.19. The number of hydrogen-bond donors (Lipinski definition) is 1. The van der Waals surface area contributed by atoms with Crippen LogP contribution in [0.2, 0.25) is 0 Å². The van der Waals surface area contributed by atoms with E-state index in [2.05, 4.69) is 4.98 Å². The number of ether oxygens (including phenoxy) is 1. The highest BCUT2D eigenvalue weighted by Crippen LogP contribution is 2.21. The molecule has 0 saturated heterocycles. The van der Waals surface area contributed by atoms with Gasteiger partial charge in [-0.25, -0.2) is 14.6 Å². The van der Waals surface area contributed by atoms with Crippen LogP contribution in [0.25, 0.3) is 10.2 Å². The van der Waals surface area contributed by atoms with E-state index < -0.39 is 17.5 Å². The monoisotopic (exact) mass is 348 g/mol. The zero-order valence-electron chi connectivity index (χ0n) is 12.5. The molecular formula is C15H12N2O6S. The molecule has 0 amide bonds. The number of fused-ring (bicyclic) bond motifs is 1. The third kappa shape index (κ3) is 2.81. The van der Waals surface area contributed by atoms with Gasteiger partial charge in [-0.2, -0.15) is 0 Å². The Morgan fingerprint density at radius 2 is 2.21 bits per heavy atom. The maximum Gasteiger partial charge on any atom is 0.371 e. The van der Waals surface area contributed by atoms with Crippen LogP contribution in [0, 0.1) is 0 Å². The van der Waals surface area contributed by atoms with Crippen molar-refractivity contribution in [3.05, 3.63) is 51.3 Å². The average Bonchev–Trinajstić information content (AvgIpc) is 3.17. The normalized spacial score (nSPS) is 10.9. The number of carbonyl (C=O) groups is 2. The highest BCUT2D eigenvalue weighted by atomic mass is 32.1. The molecule has 0 saturated carbocycles. The Morgan fingerprint density at radius 3 is 2.88 bits per heavy atom. The molecule has 124 valence electrons. The summed E-state index contributed by atoms with van der Waals surface area (Å²) in [5.41, 5.74) is -0.244. The van der Waals surface area contributed by atoms with Gasteiger partial charge in [0, 0.05) is 5.38 Å². The first kappa shape index (κ1) is 15.9. The van der Waals surface area contributed by atoms with Crippen LogP contribution in [0.4, 0.5) is 0 Å². The van der Waals surface area contributed by atoms with Crippen molar-refractivity contribution >= 4 is 33.5 Å². The van der Waals surface area contributed by atoms with Crippen molar-refractivity contribution in [1.29, 1.82) is 0 Å². The second-order valence-electron chi connectivity index (χ2n) is 4.80. The highest BCUT2D eigenvalue weighted by Gasteiger charge is 2.19. The predicted octanol–water partition coefficient (Wildman–Crippen LogP) is 1.97. The molecular weight excluding hydrogens is 336 g/mol. The summed E-state index contributed by atoms with van der Waals surface area (Å²) < 4.78 is 11.3. The van der Waals surface area contributed by atoms with Gasteiger partial charge in [-0.1, -0.05) is 0 Å². The molecule has 8 nitrogen and oxygen atoms in total. The Labute approximate surface area is 138 Å². The van der Waals surface area contributed by atoms with Crippen LogP contribution in [0.15, 0.2) is 33.1 Å². The van der Waals surface area contributed by atoms with Crippen LogP contribution < -0.4 is 5.56 Å². The summed E-state index contributed by atoms with van der Waals surface area (Å²) in [6, 6.07) is 2.78. The number of carboxylic acids is 1. The fourth-order valence-electron chi connectivity index (χ4n) is 2.19. The van der Waals surface area contributed by atoms with E-state index in [0.29, 0.717) is 10.6 Å². The summed E-state index contributed by atoms with van der Waals surface area (Å²) in [7, 11) is 0. The van der Waals surface area contributed by atoms with Gasteiger partial charge < -0.3 is 14.3 Å². The van der Waals surface area contributed by atoms with Crippen molar-refractivity contribution in [1.82, 2.24) is 9.55 Å². The number of rotatable bonds is 5. The Hall–Kier alpha value is -2.94. The van der Waals surface area contributed by atoms with E-state index in [1.54, 1.807) is 6.92 Å². The lowest BCUT2D eigenvalue weighted by molar-refractivity contribution is 0.0528. The number of nitrogens with zero attached hydrogens (tertiary/aromatic N) is 2. The number of hydrogen-bond acceptors (Lipinski definition) is 7. The SMILES string of the molecule is CCOC(=O)c1csc2ncn(Cc3ccc(C(=O)O)o3)c(=O)c12. The molecule has 9 heteroatoms. The maximum atomic E-state index is 12.6. The quantitative estimate of drug-likeness (QED) is 0.702. The van der Waals surface area contributed by atoms with Crippen molar-refractivity contribution in [3.8, 4) is 0 Å². The molecule has 0 aliphatic carbocycles. The van der Waals surface area contributed by atoms with Crippen LogP contribution in [0.5, 0.6) is 0 Å². The second-order valence-corrected chi connectivity index (χ2v) is 5.66. The number of aromatic nitrogens is 2. The van der Waals surface area contributed by atoms with Crippen molar-refractivity contribution in [3.63, 3.8) is 0 Å². The lowest BCUT2D eigenvalue weighted by atomic mass is 10.2. The second kappa shape index (κ2) is 6.28. The standard InChI is InChI=1S/C15H12N2O6S/c1-2-22-15(21)9-6-24-12-11(9)13(18)17(7-16-12)5-8-3-4-10(23-8)14(19)20/h3-4,6-7H,2,5H2,1H3,(H,19,20). The summed E-state index contributed by atoms with van der Waals surface area (Å²) in [5.74, 6) is -1.69. The molecule has 0 aliphatic rings. The lowest BCUT2D eigenvalue weighted by Crippen LogP contribution is -2.22. The molecule has 3 aromatic rings. The van der Waals surface area contributed by atoms with Crippen LogP contribution >= 0.6 is 11.3 Å². The van der Waals surface area contributed by atoms with E-state index in [4.69, 9.17) is 14.3 Å². The molecule has 0 fully saturated rings. The molecule has 1 N–H and O–H groups in total. The molecule has 0 spiro atoms. The van der Waals surface area contributed by atoms with Crippen molar-refractivity contribution in [2.24, 2.45) is 0 Å². The molecule has 24 heavy (non-hydrogen) atoms. The Kier molecular flexibility index (Phi) is 4.17. The lowest BCUT2D eigenvalue weighted by Gasteiger charge is -2.04. The van der Waals surface area contributed by atoms with Crippen molar-refractivity contribution in [2.75, 3.05) is 6.61 Å². The number of esters is 1. The zero-order chi connectivity index (χ0) is 17.3. The Morgan fingerprint density at radius 1 is 1.42 bits per heavy atom. The first-order chi connectivity index (χ1) is 11.5. The molecule has 3 heterocycles. The number of furan rings is 1. The summed E-state index contributed by atoms with van der Waals surface area (Å²) in [5, 5.41) is 10.6. The third-order valence-electron chi connectivity index (χ3n) is 3.25. The zero-order valence-corrected chi connectivity index (χ0v) is 13.3. The Bertz CT molecular complexity index is 983. The van der Waals surface area contributed by atoms with Gasteiger partial charge in [0.05, 0.1) is 30.4 Å². The molecule has 0 unspecified atom stereocenters. The summed E-state index contributed by atoms with van der Waals surface area (Å²) >= 11 is 1.18. The van der Waals surface area contributed by atoms with E-state index >= 15 is 0 Å². The first-order valence-electron chi connectivity index (χ1n) is 6.97. The molecule has 0 atom stereocenters.